The van der Waals surface area contributed by atoms with Gasteiger partial charge in [0, 0.05) is 31.1 Å². The van der Waals surface area contributed by atoms with Gasteiger partial charge < -0.3 is 15.3 Å². The second-order valence-corrected chi connectivity index (χ2v) is 8.68. The summed E-state index contributed by atoms with van der Waals surface area (Å²) in [6.07, 6.45) is 1.17. The van der Waals surface area contributed by atoms with E-state index in [9.17, 15) is 14.7 Å². The molecule has 1 aliphatic rings. The van der Waals surface area contributed by atoms with Crippen molar-refractivity contribution in [3.05, 3.63) is 65.7 Å². The van der Waals surface area contributed by atoms with Gasteiger partial charge in [-0.3, -0.25) is 9.59 Å². The molecule has 1 saturated heterocycles. The van der Waals surface area contributed by atoms with Gasteiger partial charge in [-0.1, -0.05) is 44.2 Å². The standard InChI is InChI=1S/C24H30N2O3/c1-17(25-23(29)19-7-5-4-6-8-19)15-22(28)26-14-13-21(24(2,3)16-26)18-9-11-20(27)12-10-18/h4-12,17,21,27H,13-16H2,1-3H3,(H,25,29)/t17-,21?/m1/s1. The number of benzene rings is 2. The molecular weight excluding hydrogens is 364 g/mol. The Kier molecular flexibility index (Phi) is 6.26. The molecule has 5 nitrogen and oxygen atoms in total. The number of phenols is 1. The van der Waals surface area contributed by atoms with Crippen molar-refractivity contribution in [2.24, 2.45) is 5.41 Å². The van der Waals surface area contributed by atoms with Gasteiger partial charge in [-0.2, -0.15) is 0 Å². The smallest absolute Gasteiger partial charge is 0.251 e. The lowest BCUT2D eigenvalue weighted by Crippen LogP contribution is -2.48. The highest BCUT2D eigenvalue weighted by Gasteiger charge is 2.38. The molecule has 0 saturated carbocycles. The molecule has 0 aromatic heterocycles. The largest absolute Gasteiger partial charge is 0.508 e. The molecule has 0 radical (unpaired) electrons. The Morgan fingerprint density at radius 1 is 1.14 bits per heavy atom. The van der Waals surface area contributed by atoms with Crippen molar-refractivity contribution in [2.45, 2.75) is 45.6 Å². The fraction of sp³-hybridized carbons (Fsp3) is 0.417. The van der Waals surface area contributed by atoms with Gasteiger partial charge in [0.15, 0.2) is 0 Å². The van der Waals surface area contributed by atoms with Crippen LogP contribution in [-0.2, 0) is 4.79 Å². The molecule has 3 rings (SSSR count). The zero-order valence-electron chi connectivity index (χ0n) is 17.4. The predicted molar refractivity (Wildman–Crippen MR) is 114 cm³/mol. The average molecular weight is 395 g/mol. The van der Waals surface area contributed by atoms with E-state index >= 15 is 0 Å². The van der Waals surface area contributed by atoms with Crippen LogP contribution in [0.25, 0.3) is 0 Å². The molecule has 1 aliphatic heterocycles. The van der Waals surface area contributed by atoms with E-state index in [1.807, 2.05) is 42.2 Å². The van der Waals surface area contributed by atoms with Crippen LogP contribution in [0.4, 0.5) is 0 Å². The van der Waals surface area contributed by atoms with Crippen LogP contribution in [0.2, 0.25) is 0 Å². The van der Waals surface area contributed by atoms with Crippen molar-refractivity contribution >= 4 is 11.8 Å². The zero-order valence-corrected chi connectivity index (χ0v) is 17.4. The Morgan fingerprint density at radius 2 is 1.79 bits per heavy atom. The van der Waals surface area contributed by atoms with Gasteiger partial charge in [0.2, 0.25) is 5.91 Å². The summed E-state index contributed by atoms with van der Waals surface area (Å²) in [4.78, 5) is 27.0. The Bertz CT molecular complexity index is 846. The normalized spacial score (nSPS) is 19.4. The first-order valence-electron chi connectivity index (χ1n) is 10.2. The molecule has 2 aromatic carbocycles. The second kappa shape index (κ2) is 8.68. The van der Waals surface area contributed by atoms with Crippen LogP contribution < -0.4 is 5.32 Å². The Hall–Kier alpha value is -2.82. The molecule has 0 aliphatic carbocycles. The summed E-state index contributed by atoms with van der Waals surface area (Å²) in [5.41, 5.74) is 1.73. The summed E-state index contributed by atoms with van der Waals surface area (Å²) < 4.78 is 0. The summed E-state index contributed by atoms with van der Waals surface area (Å²) in [6.45, 7) is 7.62. The van der Waals surface area contributed by atoms with Crippen LogP contribution in [0.1, 0.15) is 55.5 Å². The highest BCUT2D eigenvalue weighted by atomic mass is 16.3. The summed E-state index contributed by atoms with van der Waals surface area (Å²) >= 11 is 0. The molecule has 0 spiro atoms. The Labute approximate surface area is 172 Å². The molecule has 1 heterocycles. The number of amides is 2. The third kappa shape index (κ3) is 5.17. The molecule has 2 atom stereocenters. The van der Waals surface area contributed by atoms with E-state index in [4.69, 9.17) is 0 Å². The summed E-state index contributed by atoms with van der Waals surface area (Å²) in [6, 6.07) is 16.2. The van der Waals surface area contributed by atoms with E-state index in [1.54, 1.807) is 24.3 Å². The number of likely N-dealkylation sites (tertiary alicyclic amines) is 1. The first kappa shape index (κ1) is 20.9. The number of aromatic hydroxyl groups is 1. The number of carbonyl (C=O) groups excluding carboxylic acids is 2. The summed E-state index contributed by atoms with van der Waals surface area (Å²) in [7, 11) is 0. The van der Waals surface area contributed by atoms with E-state index in [2.05, 4.69) is 19.2 Å². The Balaban J connectivity index is 1.57. The predicted octanol–water partition coefficient (Wildman–Crippen LogP) is 3.94. The fourth-order valence-corrected chi connectivity index (χ4v) is 4.23. The average Bonchev–Trinajstić information content (AvgIpc) is 2.68. The molecular formula is C24H30N2O3. The number of nitrogens with zero attached hydrogens (tertiary/aromatic N) is 1. The van der Waals surface area contributed by atoms with E-state index in [0.29, 0.717) is 31.0 Å². The lowest BCUT2D eigenvalue weighted by atomic mass is 9.70. The van der Waals surface area contributed by atoms with Crippen LogP contribution in [0.5, 0.6) is 5.75 Å². The minimum absolute atomic E-state index is 0.0680. The second-order valence-electron chi connectivity index (χ2n) is 8.68. The van der Waals surface area contributed by atoms with Crippen molar-refractivity contribution in [2.75, 3.05) is 13.1 Å². The van der Waals surface area contributed by atoms with E-state index in [-0.39, 0.29) is 29.0 Å². The highest BCUT2D eigenvalue weighted by Crippen LogP contribution is 2.42. The Morgan fingerprint density at radius 3 is 2.41 bits per heavy atom. The fourth-order valence-electron chi connectivity index (χ4n) is 4.23. The van der Waals surface area contributed by atoms with Crippen molar-refractivity contribution < 1.29 is 14.7 Å². The molecule has 1 unspecified atom stereocenters. The van der Waals surface area contributed by atoms with E-state index in [0.717, 1.165) is 6.42 Å². The maximum atomic E-state index is 12.8. The monoisotopic (exact) mass is 394 g/mol. The zero-order chi connectivity index (χ0) is 21.0. The van der Waals surface area contributed by atoms with Crippen molar-refractivity contribution in [1.82, 2.24) is 10.2 Å². The number of carbonyl (C=O) groups is 2. The molecule has 154 valence electrons. The molecule has 2 amide bonds. The number of rotatable bonds is 5. The van der Waals surface area contributed by atoms with Crippen LogP contribution in [-0.4, -0.2) is 41.0 Å². The lowest BCUT2D eigenvalue weighted by Gasteiger charge is -2.45. The van der Waals surface area contributed by atoms with Crippen LogP contribution in [0, 0.1) is 5.41 Å². The van der Waals surface area contributed by atoms with Gasteiger partial charge in [-0.15, -0.1) is 0 Å². The van der Waals surface area contributed by atoms with E-state index in [1.165, 1.54) is 5.56 Å². The number of phenolic OH excluding ortho intramolecular Hbond substituents is 1. The topological polar surface area (TPSA) is 69.6 Å². The quantitative estimate of drug-likeness (QED) is 0.807. The van der Waals surface area contributed by atoms with E-state index < -0.39 is 0 Å². The van der Waals surface area contributed by atoms with Crippen molar-refractivity contribution in [3.8, 4) is 5.75 Å². The number of hydrogen-bond donors (Lipinski definition) is 2. The molecule has 5 heteroatoms. The molecule has 2 aromatic rings. The summed E-state index contributed by atoms with van der Waals surface area (Å²) in [5.74, 6) is 0.522. The minimum atomic E-state index is -0.229. The lowest BCUT2D eigenvalue weighted by molar-refractivity contribution is -0.135. The molecule has 1 fully saturated rings. The molecule has 29 heavy (non-hydrogen) atoms. The van der Waals surface area contributed by atoms with Gasteiger partial charge in [-0.05, 0) is 54.5 Å². The first-order chi connectivity index (χ1) is 13.8. The summed E-state index contributed by atoms with van der Waals surface area (Å²) in [5, 5.41) is 12.5. The minimum Gasteiger partial charge on any atom is -0.508 e. The van der Waals surface area contributed by atoms with Crippen LogP contribution in [0.3, 0.4) is 0 Å². The number of piperidine rings is 1. The maximum absolute atomic E-state index is 12.8. The van der Waals surface area contributed by atoms with Crippen LogP contribution in [0.15, 0.2) is 54.6 Å². The van der Waals surface area contributed by atoms with Gasteiger partial charge in [0.05, 0.1) is 0 Å². The van der Waals surface area contributed by atoms with Crippen molar-refractivity contribution in [3.63, 3.8) is 0 Å². The SMILES string of the molecule is C[C@H](CC(=O)N1CCC(c2ccc(O)cc2)C(C)(C)C1)NC(=O)c1ccccc1. The number of nitrogens with one attached hydrogen (secondary N) is 1. The highest BCUT2D eigenvalue weighted by molar-refractivity contribution is 5.94. The van der Waals surface area contributed by atoms with Gasteiger partial charge in [0.1, 0.15) is 5.75 Å². The van der Waals surface area contributed by atoms with Crippen molar-refractivity contribution in [1.29, 1.82) is 0 Å². The third-order valence-corrected chi connectivity index (χ3v) is 5.77. The van der Waals surface area contributed by atoms with Gasteiger partial charge in [0.25, 0.3) is 5.91 Å². The van der Waals surface area contributed by atoms with Gasteiger partial charge >= 0.3 is 0 Å². The third-order valence-electron chi connectivity index (χ3n) is 5.77. The van der Waals surface area contributed by atoms with Crippen LogP contribution >= 0.6 is 0 Å². The van der Waals surface area contributed by atoms with Gasteiger partial charge in [-0.25, -0.2) is 0 Å². The molecule has 0 bridgehead atoms. The number of hydrogen-bond acceptors (Lipinski definition) is 3. The first-order valence-corrected chi connectivity index (χ1v) is 10.2. The maximum Gasteiger partial charge on any atom is 0.251 e. The molecule has 2 N–H and O–H groups in total.